The van der Waals surface area contributed by atoms with Crippen LogP contribution >= 0.6 is 11.6 Å². The van der Waals surface area contributed by atoms with Crippen molar-refractivity contribution in [3.8, 4) is 0 Å². The van der Waals surface area contributed by atoms with Gasteiger partial charge in [-0.3, -0.25) is 9.48 Å². The third kappa shape index (κ3) is 2.79. The summed E-state index contributed by atoms with van der Waals surface area (Å²) in [6.45, 7) is 2.00. The van der Waals surface area contributed by atoms with Crippen LogP contribution in [0.4, 0.5) is 0 Å². The van der Waals surface area contributed by atoms with Gasteiger partial charge in [-0.2, -0.15) is 5.10 Å². The van der Waals surface area contributed by atoms with E-state index in [-0.39, 0.29) is 5.78 Å². The average Bonchev–Trinajstić information content (AvgIpc) is 2.73. The molecular formula is C14H15ClN2O. The maximum Gasteiger partial charge on any atom is 0.170 e. The van der Waals surface area contributed by atoms with Crippen LogP contribution in [0.15, 0.2) is 30.5 Å². The molecule has 2 aromatic rings. The third-order valence-corrected chi connectivity index (χ3v) is 3.07. The van der Waals surface area contributed by atoms with Gasteiger partial charge in [-0.15, -0.1) is 0 Å². The van der Waals surface area contributed by atoms with E-state index >= 15 is 0 Å². The molecule has 2 rings (SSSR count). The molecule has 0 aliphatic rings. The first-order valence-corrected chi connectivity index (χ1v) is 6.28. The molecule has 4 heteroatoms. The Bertz CT molecular complexity index is 558. The highest BCUT2D eigenvalue weighted by atomic mass is 35.5. The van der Waals surface area contributed by atoms with Crippen LogP contribution in [0.5, 0.6) is 0 Å². The Kier molecular flexibility index (Phi) is 3.82. The van der Waals surface area contributed by atoms with Crippen molar-refractivity contribution in [1.82, 2.24) is 9.78 Å². The number of hydrogen-bond donors (Lipinski definition) is 0. The fraction of sp³-hybridized carbons (Fsp3) is 0.286. The molecule has 0 aliphatic carbocycles. The zero-order valence-electron chi connectivity index (χ0n) is 10.5. The minimum absolute atomic E-state index is 0.0993. The Labute approximate surface area is 111 Å². The molecule has 0 fully saturated rings. The summed E-state index contributed by atoms with van der Waals surface area (Å²) in [7, 11) is 1.83. The summed E-state index contributed by atoms with van der Waals surface area (Å²) in [5.41, 5.74) is 2.54. The predicted octanol–water partition coefficient (Wildman–Crippen LogP) is 3.06. The first-order chi connectivity index (χ1) is 8.60. The SMILES string of the molecule is CCc1nn(C)cc1C(=O)Cc1ccc(Cl)cc1. The zero-order chi connectivity index (χ0) is 13.1. The average molecular weight is 263 g/mol. The molecule has 0 radical (unpaired) electrons. The molecule has 94 valence electrons. The van der Waals surface area contributed by atoms with Crippen molar-refractivity contribution in [2.45, 2.75) is 19.8 Å². The smallest absolute Gasteiger partial charge is 0.170 e. The van der Waals surface area contributed by atoms with Crippen molar-refractivity contribution in [3.63, 3.8) is 0 Å². The molecule has 0 unspecified atom stereocenters. The van der Waals surface area contributed by atoms with E-state index in [9.17, 15) is 4.79 Å². The molecule has 0 amide bonds. The van der Waals surface area contributed by atoms with Crippen LogP contribution in [0.2, 0.25) is 5.02 Å². The maximum absolute atomic E-state index is 12.2. The Morgan fingerprint density at radius 1 is 1.33 bits per heavy atom. The molecule has 1 aromatic carbocycles. The highest BCUT2D eigenvalue weighted by Crippen LogP contribution is 2.14. The largest absolute Gasteiger partial charge is 0.294 e. The van der Waals surface area contributed by atoms with E-state index in [1.807, 2.05) is 26.1 Å². The zero-order valence-corrected chi connectivity index (χ0v) is 11.2. The molecule has 0 spiro atoms. The summed E-state index contributed by atoms with van der Waals surface area (Å²) < 4.78 is 1.69. The summed E-state index contributed by atoms with van der Waals surface area (Å²) in [5, 5.41) is 4.96. The number of rotatable bonds is 4. The number of halogens is 1. The second-order valence-electron chi connectivity index (χ2n) is 4.24. The van der Waals surface area contributed by atoms with Gasteiger partial charge in [0.15, 0.2) is 5.78 Å². The number of nitrogens with zero attached hydrogens (tertiary/aromatic N) is 2. The molecule has 18 heavy (non-hydrogen) atoms. The molecule has 0 saturated carbocycles. The van der Waals surface area contributed by atoms with E-state index in [4.69, 9.17) is 11.6 Å². The van der Waals surface area contributed by atoms with Crippen LogP contribution in [-0.4, -0.2) is 15.6 Å². The number of Topliss-reactive ketones (excluding diaryl/α,β-unsaturated/α-hetero) is 1. The lowest BCUT2D eigenvalue weighted by Crippen LogP contribution is -2.05. The number of aryl methyl sites for hydroxylation is 2. The number of ketones is 1. The molecule has 0 atom stereocenters. The van der Waals surface area contributed by atoms with Crippen LogP contribution < -0.4 is 0 Å². The summed E-state index contributed by atoms with van der Waals surface area (Å²) in [4.78, 5) is 12.2. The van der Waals surface area contributed by atoms with Gasteiger partial charge >= 0.3 is 0 Å². The lowest BCUT2D eigenvalue weighted by Gasteiger charge is -2.01. The van der Waals surface area contributed by atoms with Gasteiger partial charge in [0.25, 0.3) is 0 Å². The van der Waals surface area contributed by atoms with E-state index in [2.05, 4.69) is 5.10 Å². The molecule has 0 N–H and O–H groups in total. The Morgan fingerprint density at radius 2 is 2.00 bits per heavy atom. The number of carbonyl (C=O) groups excluding carboxylic acids is 1. The van der Waals surface area contributed by atoms with E-state index in [1.165, 1.54) is 0 Å². The van der Waals surface area contributed by atoms with Crippen molar-refractivity contribution < 1.29 is 4.79 Å². The minimum atomic E-state index is 0.0993. The Balaban J connectivity index is 2.19. The van der Waals surface area contributed by atoms with Crippen molar-refractivity contribution in [3.05, 3.63) is 52.3 Å². The summed E-state index contributed by atoms with van der Waals surface area (Å²) in [6.07, 6.45) is 2.94. The van der Waals surface area contributed by atoms with Crippen LogP contribution in [0.1, 0.15) is 28.5 Å². The van der Waals surface area contributed by atoms with E-state index < -0.39 is 0 Å². The highest BCUT2D eigenvalue weighted by molar-refractivity contribution is 6.30. The molecular weight excluding hydrogens is 248 g/mol. The first-order valence-electron chi connectivity index (χ1n) is 5.90. The first kappa shape index (κ1) is 12.8. The van der Waals surface area contributed by atoms with Crippen molar-refractivity contribution in [2.75, 3.05) is 0 Å². The van der Waals surface area contributed by atoms with Crippen LogP contribution in [0.25, 0.3) is 0 Å². The summed E-state index contributed by atoms with van der Waals surface area (Å²) >= 11 is 5.82. The van der Waals surface area contributed by atoms with Crippen molar-refractivity contribution in [1.29, 1.82) is 0 Å². The van der Waals surface area contributed by atoms with Gasteiger partial charge in [0.05, 0.1) is 11.3 Å². The number of carbonyl (C=O) groups is 1. The predicted molar refractivity (Wildman–Crippen MR) is 72.1 cm³/mol. The fourth-order valence-corrected chi connectivity index (χ4v) is 2.04. The Hall–Kier alpha value is -1.61. The number of benzene rings is 1. The summed E-state index contributed by atoms with van der Waals surface area (Å²) in [5.74, 6) is 0.0993. The third-order valence-electron chi connectivity index (χ3n) is 2.82. The van der Waals surface area contributed by atoms with Crippen LogP contribution in [0, 0.1) is 0 Å². The van der Waals surface area contributed by atoms with Crippen LogP contribution in [0.3, 0.4) is 0 Å². The van der Waals surface area contributed by atoms with E-state index in [1.54, 1.807) is 23.0 Å². The van der Waals surface area contributed by atoms with Gasteiger partial charge in [0.2, 0.25) is 0 Å². The van der Waals surface area contributed by atoms with Gasteiger partial charge in [0.1, 0.15) is 0 Å². The number of aromatic nitrogens is 2. The van der Waals surface area contributed by atoms with Gasteiger partial charge in [-0.1, -0.05) is 30.7 Å². The lowest BCUT2D eigenvalue weighted by atomic mass is 10.0. The molecule has 1 heterocycles. The standard InChI is InChI=1S/C14H15ClN2O/c1-3-13-12(9-17(2)16-13)14(18)8-10-4-6-11(15)7-5-10/h4-7,9H,3,8H2,1-2H3. The van der Waals surface area contributed by atoms with E-state index in [0.29, 0.717) is 11.4 Å². The second-order valence-corrected chi connectivity index (χ2v) is 4.68. The van der Waals surface area contributed by atoms with Crippen molar-refractivity contribution >= 4 is 17.4 Å². The molecule has 0 bridgehead atoms. The molecule has 0 aliphatic heterocycles. The minimum Gasteiger partial charge on any atom is -0.294 e. The summed E-state index contributed by atoms with van der Waals surface area (Å²) in [6, 6.07) is 7.35. The topological polar surface area (TPSA) is 34.9 Å². The number of hydrogen-bond acceptors (Lipinski definition) is 2. The molecule has 3 nitrogen and oxygen atoms in total. The molecule has 1 aromatic heterocycles. The van der Waals surface area contributed by atoms with Gasteiger partial charge in [-0.05, 0) is 24.1 Å². The Morgan fingerprint density at radius 3 is 2.61 bits per heavy atom. The quantitative estimate of drug-likeness (QED) is 0.794. The van der Waals surface area contributed by atoms with Gasteiger partial charge < -0.3 is 0 Å². The maximum atomic E-state index is 12.2. The second kappa shape index (κ2) is 5.36. The van der Waals surface area contributed by atoms with Crippen LogP contribution in [-0.2, 0) is 19.9 Å². The monoisotopic (exact) mass is 262 g/mol. The van der Waals surface area contributed by atoms with Crippen molar-refractivity contribution in [2.24, 2.45) is 7.05 Å². The normalized spacial score (nSPS) is 10.6. The van der Waals surface area contributed by atoms with Gasteiger partial charge in [-0.25, -0.2) is 0 Å². The lowest BCUT2D eigenvalue weighted by molar-refractivity contribution is 0.0992. The van der Waals surface area contributed by atoms with Gasteiger partial charge in [0, 0.05) is 24.7 Å². The van der Waals surface area contributed by atoms with E-state index in [0.717, 1.165) is 23.2 Å². The fourth-order valence-electron chi connectivity index (χ4n) is 1.91. The molecule has 0 saturated heterocycles. The highest BCUT2D eigenvalue weighted by Gasteiger charge is 2.14.